The summed E-state index contributed by atoms with van der Waals surface area (Å²) in [7, 11) is -2.33. The standard InChI is InChI=1S/C18H14F4O6S/c1-26-16-9-11(4-8-17(23)27-2)3-7-15(16)28-29(24,25)12-5-6-14(19)13(10-12)18(20,21)22/h3-10H,1-2H3. The largest absolute Gasteiger partial charge is 0.493 e. The van der Waals surface area contributed by atoms with Crippen molar-refractivity contribution in [2.45, 2.75) is 11.1 Å². The van der Waals surface area contributed by atoms with Gasteiger partial charge < -0.3 is 13.7 Å². The maximum atomic E-state index is 13.4. The molecule has 0 amide bonds. The second-order valence-electron chi connectivity index (χ2n) is 5.44. The number of carbonyl (C=O) groups is 1. The van der Waals surface area contributed by atoms with Crippen LogP contribution in [0.1, 0.15) is 11.1 Å². The van der Waals surface area contributed by atoms with E-state index in [0.29, 0.717) is 17.7 Å². The number of methoxy groups -OCH3 is 2. The number of hydrogen-bond donors (Lipinski definition) is 0. The van der Waals surface area contributed by atoms with Crippen LogP contribution in [0.5, 0.6) is 11.5 Å². The van der Waals surface area contributed by atoms with E-state index in [-0.39, 0.29) is 17.6 Å². The molecule has 6 nitrogen and oxygen atoms in total. The third-order valence-corrected chi connectivity index (χ3v) is 4.76. The molecule has 0 bridgehead atoms. The van der Waals surface area contributed by atoms with E-state index in [9.17, 15) is 30.8 Å². The number of halogens is 4. The average Bonchev–Trinajstić information content (AvgIpc) is 2.65. The first-order valence-corrected chi connectivity index (χ1v) is 9.14. The van der Waals surface area contributed by atoms with Crippen LogP contribution in [0.2, 0.25) is 0 Å². The van der Waals surface area contributed by atoms with Crippen LogP contribution in [0.15, 0.2) is 47.4 Å². The topological polar surface area (TPSA) is 78.9 Å². The molecule has 0 saturated carbocycles. The van der Waals surface area contributed by atoms with Crippen LogP contribution in [0.4, 0.5) is 17.6 Å². The summed E-state index contributed by atoms with van der Waals surface area (Å²) in [5.74, 6) is -2.63. The molecule has 0 aromatic heterocycles. The first-order chi connectivity index (χ1) is 13.5. The number of alkyl halides is 3. The van der Waals surface area contributed by atoms with Gasteiger partial charge in [-0.15, -0.1) is 0 Å². The number of benzene rings is 2. The Labute approximate surface area is 163 Å². The summed E-state index contributed by atoms with van der Waals surface area (Å²) in [6.07, 6.45) is -2.60. The van der Waals surface area contributed by atoms with Gasteiger partial charge in [0.15, 0.2) is 11.5 Å². The lowest BCUT2D eigenvalue weighted by Gasteiger charge is -2.13. The molecule has 0 radical (unpaired) electrons. The Morgan fingerprint density at radius 3 is 2.31 bits per heavy atom. The molecule has 0 saturated heterocycles. The lowest BCUT2D eigenvalue weighted by Crippen LogP contribution is -2.14. The van der Waals surface area contributed by atoms with Crippen molar-refractivity contribution < 1.29 is 44.4 Å². The zero-order valence-electron chi connectivity index (χ0n) is 15.0. The van der Waals surface area contributed by atoms with Crippen LogP contribution < -0.4 is 8.92 Å². The number of ether oxygens (including phenoxy) is 2. The Morgan fingerprint density at radius 1 is 1.03 bits per heavy atom. The van der Waals surface area contributed by atoms with Crippen LogP contribution in [-0.4, -0.2) is 28.6 Å². The highest BCUT2D eigenvalue weighted by molar-refractivity contribution is 7.87. The predicted octanol–water partition coefficient (Wildman–Crippen LogP) is 3.81. The summed E-state index contributed by atoms with van der Waals surface area (Å²) in [6.45, 7) is 0. The molecule has 29 heavy (non-hydrogen) atoms. The quantitative estimate of drug-likeness (QED) is 0.298. The van der Waals surface area contributed by atoms with Crippen molar-refractivity contribution in [2.24, 2.45) is 0 Å². The Morgan fingerprint density at radius 2 is 1.72 bits per heavy atom. The highest BCUT2D eigenvalue weighted by Gasteiger charge is 2.35. The molecule has 0 aliphatic carbocycles. The second-order valence-corrected chi connectivity index (χ2v) is 6.99. The van der Waals surface area contributed by atoms with E-state index in [1.165, 1.54) is 38.5 Å². The van der Waals surface area contributed by atoms with E-state index in [1.54, 1.807) is 0 Å². The minimum atomic E-state index is -5.08. The zero-order valence-corrected chi connectivity index (χ0v) is 15.8. The van der Waals surface area contributed by atoms with Crippen molar-refractivity contribution in [3.63, 3.8) is 0 Å². The fourth-order valence-corrected chi connectivity index (χ4v) is 3.10. The molecule has 0 N–H and O–H groups in total. The Hall–Kier alpha value is -3.08. The minimum absolute atomic E-state index is 0.0706. The molecule has 2 rings (SSSR count). The van der Waals surface area contributed by atoms with E-state index >= 15 is 0 Å². The van der Waals surface area contributed by atoms with Gasteiger partial charge in [-0.25, -0.2) is 9.18 Å². The third kappa shape index (κ3) is 5.47. The maximum absolute atomic E-state index is 13.4. The van der Waals surface area contributed by atoms with Gasteiger partial charge in [-0.3, -0.25) is 0 Å². The first kappa shape index (κ1) is 22.2. The van der Waals surface area contributed by atoms with Crippen molar-refractivity contribution in [3.05, 3.63) is 59.4 Å². The van der Waals surface area contributed by atoms with Crippen LogP contribution in [0.3, 0.4) is 0 Å². The van der Waals surface area contributed by atoms with Gasteiger partial charge in [-0.2, -0.15) is 21.6 Å². The van der Waals surface area contributed by atoms with Gasteiger partial charge >= 0.3 is 22.3 Å². The van der Waals surface area contributed by atoms with Crippen molar-refractivity contribution in [2.75, 3.05) is 14.2 Å². The number of hydrogen-bond acceptors (Lipinski definition) is 6. The summed E-state index contributed by atoms with van der Waals surface area (Å²) < 4.78 is 90.9. The molecule has 0 unspecified atom stereocenters. The Bertz CT molecular complexity index is 1040. The van der Waals surface area contributed by atoms with Crippen molar-refractivity contribution in [1.29, 1.82) is 0 Å². The van der Waals surface area contributed by atoms with Gasteiger partial charge in [0.25, 0.3) is 0 Å². The molecule has 0 fully saturated rings. The molecule has 0 spiro atoms. The van der Waals surface area contributed by atoms with Crippen molar-refractivity contribution in [3.8, 4) is 11.5 Å². The fourth-order valence-electron chi connectivity index (χ4n) is 2.13. The number of rotatable bonds is 6. The van der Waals surface area contributed by atoms with Crippen molar-refractivity contribution >= 4 is 22.2 Å². The molecule has 0 aliphatic heterocycles. The SMILES string of the molecule is COC(=O)C=Cc1ccc(OS(=O)(=O)c2ccc(F)c(C(F)(F)F)c2)c(OC)c1. The first-order valence-electron chi connectivity index (χ1n) is 7.73. The molecular weight excluding hydrogens is 420 g/mol. The van der Waals surface area contributed by atoms with E-state index in [0.717, 1.165) is 6.08 Å². The van der Waals surface area contributed by atoms with Crippen LogP contribution >= 0.6 is 0 Å². The molecular formula is C18H14F4O6S. The monoisotopic (exact) mass is 434 g/mol. The second kappa shape index (κ2) is 8.52. The molecule has 156 valence electrons. The van der Waals surface area contributed by atoms with Crippen LogP contribution in [0, 0.1) is 5.82 Å². The van der Waals surface area contributed by atoms with Gasteiger partial charge in [0, 0.05) is 6.08 Å². The van der Waals surface area contributed by atoms with E-state index in [2.05, 4.69) is 4.74 Å². The lowest BCUT2D eigenvalue weighted by atomic mass is 10.2. The smallest absolute Gasteiger partial charge is 0.419 e. The van der Waals surface area contributed by atoms with Gasteiger partial charge in [-0.1, -0.05) is 6.07 Å². The molecule has 0 atom stereocenters. The zero-order chi connectivity index (χ0) is 21.8. The maximum Gasteiger partial charge on any atom is 0.419 e. The van der Waals surface area contributed by atoms with Crippen LogP contribution in [-0.2, 0) is 25.8 Å². The average molecular weight is 434 g/mol. The Kier molecular flexibility index (Phi) is 6.52. The van der Waals surface area contributed by atoms with Gasteiger partial charge in [0.2, 0.25) is 0 Å². The highest BCUT2D eigenvalue weighted by atomic mass is 32.2. The van der Waals surface area contributed by atoms with Gasteiger partial charge in [-0.05, 0) is 42.0 Å². The number of carbonyl (C=O) groups excluding carboxylic acids is 1. The summed E-state index contributed by atoms with van der Waals surface area (Å²) in [6, 6.07) is 5.07. The van der Waals surface area contributed by atoms with Gasteiger partial charge in [0.05, 0.1) is 19.8 Å². The molecule has 2 aromatic rings. The summed E-state index contributed by atoms with van der Waals surface area (Å²) >= 11 is 0. The third-order valence-electron chi connectivity index (χ3n) is 3.53. The van der Waals surface area contributed by atoms with E-state index in [4.69, 9.17) is 8.92 Å². The molecule has 2 aromatic carbocycles. The van der Waals surface area contributed by atoms with E-state index < -0.39 is 38.5 Å². The van der Waals surface area contributed by atoms with Crippen LogP contribution in [0.25, 0.3) is 6.08 Å². The van der Waals surface area contributed by atoms with Gasteiger partial charge in [0.1, 0.15) is 10.7 Å². The normalized spacial score (nSPS) is 12.1. The molecule has 0 aliphatic rings. The van der Waals surface area contributed by atoms with E-state index in [1.807, 2.05) is 0 Å². The fraction of sp³-hybridized carbons (Fsp3) is 0.167. The summed E-state index contributed by atoms with van der Waals surface area (Å²) in [5.41, 5.74) is -1.31. The summed E-state index contributed by atoms with van der Waals surface area (Å²) in [4.78, 5) is 10.2. The molecule has 11 heteroatoms. The highest BCUT2D eigenvalue weighted by Crippen LogP contribution is 2.35. The lowest BCUT2D eigenvalue weighted by molar-refractivity contribution is -0.140. The Balaban J connectivity index is 2.37. The number of esters is 1. The van der Waals surface area contributed by atoms with Crippen molar-refractivity contribution in [1.82, 2.24) is 0 Å². The summed E-state index contributed by atoms with van der Waals surface area (Å²) in [5, 5.41) is 0. The molecule has 0 heterocycles. The predicted molar refractivity (Wildman–Crippen MR) is 93.3 cm³/mol. The minimum Gasteiger partial charge on any atom is -0.493 e.